The van der Waals surface area contributed by atoms with E-state index in [9.17, 15) is 0 Å². The van der Waals surface area contributed by atoms with Gasteiger partial charge in [-0.2, -0.15) is 0 Å². The Morgan fingerprint density at radius 2 is 2.36 bits per heavy atom. The molecule has 1 heterocycles. The minimum atomic E-state index is 0.508. The molecule has 0 bridgehead atoms. The summed E-state index contributed by atoms with van der Waals surface area (Å²) in [5.74, 6) is 0. The van der Waals surface area contributed by atoms with Crippen LogP contribution in [-0.2, 0) is 4.74 Å². The average Bonchev–Trinajstić information content (AvgIpc) is 2.01. The van der Waals surface area contributed by atoms with Gasteiger partial charge in [-0.3, -0.25) is 0 Å². The Morgan fingerprint density at radius 3 is 3.00 bits per heavy atom. The molecule has 1 unspecified atom stereocenters. The maximum Gasteiger partial charge on any atom is 0.0702 e. The lowest BCUT2D eigenvalue weighted by molar-refractivity contribution is 0.00690. The van der Waals surface area contributed by atoms with Crippen LogP contribution in [0, 0.1) is 0 Å². The van der Waals surface area contributed by atoms with Gasteiger partial charge in [-0.1, -0.05) is 6.92 Å². The Hall–Kier alpha value is -0.0800. The highest BCUT2D eigenvalue weighted by Gasteiger charge is 2.16. The maximum absolute atomic E-state index is 5.66. The minimum Gasteiger partial charge on any atom is -0.377 e. The zero-order valence-corrected chi connectivity index (χ0v) is 7.68. The van der Waals surface area contributed by atoms with E-state index >= 15 is 0 Å². The molecule has 2 heteroatoms. The van der Waals surface area contributed by atoms with Crippen molar-refractivity contribution >= 4 is 0 Å². The van der Waals surface area contributed by atoms with Crippen LogP contribution in [0.2, 0.25) is 0 Å². The summed E-state index contributed by atoms with van der Waals surface area (Å²) in [6.45, 7) is 5.46. The molecule has 1 aliphatic heterocycles. The van der Waals surface area contributed by atoms with Gasteiger partial charge in [0.1, 0.15) is 0 Å². The summed E-state index contributed by atoms with van der Waals surface area (Å²) in [5.41, 5.74) is 0. The molecule has 2 nitrogen and oxygen atoms in total. The molecule has 0 radical (unpaired) electrons. The van der Waals surface area contributed by atoms with Crippen LogP contribution in [-0.4, -0.2) is 37.7 Å². The van der Waals surface area contributed by atoms with Crippen molar-refractivity contribution in [3.05, 3.63) is 0 Å². The molecule has 11 heavy (non-hydrogen) atoms. The molecule has 1 fully saturated rings. The minimum absolute atomic E-state index is 0.508. The topological polar surface area (TPSA) is 12.5 Å². The highest BCUT2D eigenvalue weighted by molar-refractivity contribution is 4.70. The Bertz CT molecular complexity index is 106. The quantitative estimate of drug-likeness (QED) is 0.615. The highest BCUT2D eigenvalue weighted by atomic mass is 16.5. The number of likely N-dealkylation sites (tertiary alicyclic amines) is 1. The van der Waals surface area contributed by atoms with Crippen LogP contribution >= 0.6 is 0 Å². The van der Waals surface area contributed by atoms with Gasteiger partial charge in [-0.05, 0) is 32.9 Å². The summed E-state index contributed by atoms with van der Waals surface area (Å²) in [6.07, 6.45) is 4.20. The highest BCUT2D eigenvalue weighted by Crippen LogP contribution is 2.11. The Kier molecular flexibility index (Phi) is 3.87. The number of hydrogen-bond donors (Lipinski definition) is 0. The summed E-state index contributed by atoms with van der Waals surface area (Å²) in [6, 6.07) is 0. The third kappa shape index (κ3) is 3.21. The molecular formula is C9H19NO. The number of piperidine rings is 1. The molecule has 1 rings (SSSR count). The fraction of sp³-hybridized carbons (Fsp3) is 1.00. The molecule has 0 spiro atoms. The van der Waals surface area contributed by atoms with Gasteiger partial charge < -0.3 is 9.64 Å². The molecule has 66 valence electrons. The average molecular weight is 157 g/mol. The van der Waals surface area contributed by atoms with Crippen molar-refractivity contribution in [2.24, 2.45) is 0 Å². The van der Waals surface area contributed by atoms with Crippen LogP contribution in [0.4, 0.5) is 0 Å². The van der Waals surface area contributed by atoms with Crippen molar-refractivity contribution < 1.29 is 4.74 Å². The van der Waals surface area contributed by atoms with Gasteiger partial charge in [-0.25, -0.2) is 0 Å². The summed E-state index contributed by atoms with van der Waals surface area (Å²) >= 11 is 0. The van der Waals surface area contributed by atoms with Crippen LogP contribution in [0.3, 0.4) is 0 Å². The van der Waals surface area contributed by atoms with E-state index in [-0.39, 0.29) is 0 Å². The smallest absolute Gasteiger partial charge is 0.0702 e. The Balaban J connectivity index is 2.12. The van der Waals surface area contributed by atoms with E-state index in [2.05, 4.69) is 18.9 Å². The van der Waals surface area contributed by atoms with Crippen molar-refractivity contribution in [2.75, 3.05) is 26.7 Å². The van der Waals surface area contributed by atoms with Gasteiger partial charge in [0.15, 0.2) is 0 Å². The van der Waals surface area contributed by atoms with Gasteiger partial charge in [0.05, 0.1) is 6.10 Å². The van der Waals surface area contributed by atoms with Crippen LogP contribution < -0.4 is 0 Å². The summed E-state index contributed by atoms with van der Waals surface area (Å²) in [5, 5.41) is 0. The number of hydrogen-bond acceptors (Lipinski definition) is 2. The molecule has 0 aromatic heterocycles. The first kappa shape index (κ1) is 9.01. The Morgan fingerprint density at radius 1 is 1.55 bits per heavy atom. The first-order valence-corrected chi connectivity index (χ1v) is 4.63. The van der Waals surface area contributed by atoms with Crippen molar-refractivity contribution in [3.63, 3.8) is 0 Å². The molecule has 0 aliphatic carbocycles. The first-order chi connectivity index (χ1) is 5.33. The van der Waals surface area contributed by atoms with E-state index < -0.39 is 0 Å². The lowest BCUT2D eigenvalue weighted by Crippen LogP contribution is -2.37. The summed E-state index contributed by atoms with van der Waals surface area (Å²) in [7, 11) is 2.17. The number of rotatable bonds is 3. The molecule has 1 aliphatic rings. The second-order valence-corrected chi connectivity index (χ2v) is 3.40. The molecule has 0 N–H and O–H groups in total. The molecule has 1 atom stereocenters. The molecular weight excluding hydrogens is 138 g/mol. The van der Waals surface area contributed by atoms with Crippen LogP contribution in [0.25, 0.3) is 0 Å². The number of nitrogens with zero attached hydrogens (tertiary/aromatic N) is 1. The number of likely N-dealkylation sites (N-methyl/N-ethyl adjacent to an activating group) is 1. The van der Waals surface area contributed by atoms with Crippen molar-refractivity contribution in [1.29, 1.82) is 0 Å². The fourth-order valence-electron chi connectivity index (χ4n) is 1.54. The van der Waals surface area contributed by atoms with E-state index in [1.807, 2.05) is 0 Å². The Labute approximate surface area is 69.5 Å². The van der Waals surface area contributed by atoms with Gasteiger partial charge in [0, 0.05) is 13.2 Å². The summed E-state index contributed by atoms with van der Waals surface area (Å²) < 4.78 is 5.66. The maximum atomic E-state index is 5.66. The third-order valence-corrected chi connectivity index (χ3v) is 2.14. The van der Waals surface area contributed by atoms with Crippen LogP contribution in [0.15, 0.2) is 0 Å². The first-order valence-electron chi connectivity index (χ1n) is 4.63. The zero-order valence-electron chi connectivity index (χ0n) is 7.68. The van der Waals surface area contributed by atoms with Gasteiger partial charge >= 0.3 is 0 Å². The second-order valence-electron chi connectivity index (χ2n) is 3.40. The van der Waals surface area contributed by atoms with Gasteiger partial charge in [-0.15, -0.1) is 0 Å². The van der Waals surface area contributed by atoms with Crippen LogP contribution in [0.5, 0.6) is 0 Å². The van der Waals surface area contributed by atoms with E-state index in [0.29, 0.717) is 6.10 Å². The molecule has 0 aromatic carbocycles. The lowest BCUT2D eigenvalue weighted by atomic mass is 10.1. The van der Waals surface area contributed by atoms with Gasteiger partial charge in [0.2, 0.25) is 0 Å². The monoisotopic (exact) mass is 157 g/mol. The van der Waals surface area contributed by atoms with Crippen LogP contribution in [0.1, 0.15) is 26.2 Å². The SMILES string of the molecule is CCCOC1CCCN(C)C1. The zero-order chi connectivity index (χ0) is 8.10. The molecule has 0 saturated carbocycles. The number of ether oxygens (including phenoxy) is 1. The standard InChI is InChI=1S/C9H19NO/c1-3-7-11-9-5-4-6-10(2)8-9/h9H,3-8H2,1-2H3. The normalized spacial score (nSPS) is 27.3. The largest absolute Gasteiger partial charge is 0.377 e. The van der Waals surface area contributed by atoms with Gasteiger partial charge in [0.25, 0.3) is 0 Å². The third-order valence-electron chi connectivity index (χ3n) is 2.14. The van der Waals surface area contributed by atoms with E-state index in [4.69, 9.17) is 4.74 Å². The van der Waals surface area contributed by atoms with E-state index in [1.54, 1.807) is 0 Å². The predicted molar refractivity (Wildman–Crippen MR) is 46.8 cm³/mol. The fourth-order valence-corrected chi connectivity index (χ4v) is 1.54. The second kappa shape index (κ2) is 4.73. The van der Waals surface area contributed by atoms with Crippen molar-refractivity contribution in [3.8, 4) is 0 Å². The molecule has 0 amide bonds. The van der Waals surface area contributed by atoms with Crippen molar-refractivity contribution in [2.45, 2.75) is 32.3 Å². The molecule has 1 saturated heterocycles. The molecule has 0 aromatic rings. The predicted octanol–water partition coefficient (Wildman–Crippen LogP) is 1.51. The lowest BCUT2D eigenvalue weighted by Gasteiger charge is -2.29. The van der Waals surface area contributed by atoms with E-state index in [0.717, 1.165) is 19.6 Å². The van der Waals surface area contributed by atoms with Crippen molar-refractivity contribution in [1.82, 2.24) is 4.90 Å². The summed E-state index contributed by atoms with van der Waals surface area (Å²) in [4.78, 5) is 2.35. The van der Waals surface area contributed by atoms with E-state index in [1.165, 1.54) is 19.4 Å².